The second kappa shape index (κ2) is 13.1. The number of carbonyl (C=O) groups excluding carboxylic acids is 3. The van der Waals surface area contributed by atoms with E-state index in [9.17, 15) is 14.4 Å². The molecule has 0 saturated carbocycles. The van der Waals surface area contributed by atoms with Crippen LogP contribution < -0.4 is 15.5 Å². The number of rotatable bonds is 6. The Labute approximate surface area is 233 Å². The van der Waals surface area contributed by atoms with Gasteiger partial charge in [0, 0.05) is 69.3 Å². The molecule has 5 rings (SSSR count). The Hall–Kier alpha value is -4.44. The SMILES string of the molecule is O=C(Nc1cc(C(=O)N2CCCNCC2)ccc1N1CCN(C(=O)c2ccncc2)CC1)OCc1ccccc1. The van der Waals surface area contributed by atoms with Gasteiger partial charge in [0.05, 0.1) is 11.4 Å². The lowest BCUT2D eigenvalue weighted by molar-refractivity contribution is 0.0743. The van der Waals surface area contributed by atoms with Crippen molar-refractivity contribution in [3.05, 3.63) is 89.7 Å². The Morgan fingerprint density at radius 2 is 1.52 bits per heavy atom. The third-order valence-corrected chi connectivity index (χ3v) is 7.16. The molecule has 0 aliphatic carbocycles. The molecule has 40 heavy (non-hydrogen) atoms. The first-order chi connectivity index (χ1) is 19.6. The van der Waals surface area contributed by atoms with Gasteiger partial charge in [-0.15, -0.1) is 0 Å². The normalized spacial score (nSPS) is 15.8. The maximum atomic E-state index is 13.3. The van der Waals surface area contributed by atoms with Crippen LogP contribution in [0.1, 0.15) is 32.7 Å². The van der Waals surface area contributed by atoms with Gasteiger partial charge in [-0.05, 0) is 48.9 Å². The molecule has 3 amide bonds. The molecule has 1 aromatic heterocycles. The molecule has 2 aliphatic heterocycles. The van der Waals surface area contributed by atoms with Crippen molar-refractivity contribution in [1.82, 2.24) is 20.1 Å². The van der Waals surface area contributed by atoms with Crippen LogP contribution in [0.4, 0.5) is 16.2 Å². The van der Waals surface area contributed by atoms with E-state index in [-0.39, 0.29) is 18.4 Å². The van der Waals surface area contributed by atoms with Gasteiger partial charge < -0.3 is 24.8 Å². The summed E-state index contributed by atoms with van der Waals surface area (Å²) in [6.45, 7) is 5.31. The number of amides is 3. The number of nitrogens with zero attached hydrogens (tertiary/aromatic N) is 4. The molecule has 3 aromatic rings. The van der Waals surface area contributed by atoms with Gasteiger partial charge in [0.1, 0.15) is 6.61 Å². The molecule has 2 aliphatic rings. The summed E-state index contributed by atoms with van der Waals surface area (Å²) in [6.07, 6.45) is 3.52. The summed E-state index contributed by atoms with van der Waals surface area (Å²) < 4.78 is 5.47. The van der Waals surface area contributed by atoms with Crippen molar-refractivity contribution < 1.29 is 19.1 Å². The Kier molecular flexibility index (Phi) is 8.87. The van der Waals surface area contributed by atoms with E-state index in [2.05, 4.69) is 20.5 Å². The van der Waals surface area contributed by atoms with E-state index in [1.807, 2.05) is 52.3 Å². The van der Waals surface area contributed by atoms with Crippen molar-refractivity contribution in [1.29, 1.82) is 0 Å². The third-order valence-electron chi connectivity index (χ3n) is 7.16. The third kappa shape index (κ3) is 6.76. The van der Waals surface area contributed by atoms with Gasteiger partial charge in [-0.3, -0.25) is 19.9 Å². The quantitative estimate of drug-likeness (QED) is 0.493. The van der Waals surface area contributed by atoms with Gasteiger partial charge in [0.25, 0.3) is 11.8 Å². The molecular weight excluding hydrogens is 508 g/mol. The lowest BCUT2D eigenvalue weighted by Crippen LogP contribution is -2.49. The number of aromatic nitrogens is 1. The zero-order chi connectivity index (χ0) is 27.7. The largest absolute Gasteiger partial charge is 0.444 e. The van der Waals surface area contributed by atoms with Crippen LogP contribution in [-0.2, 0) is 11.3 Å². The smallest absolute Gasteiger partial charge is 0.412 e. The minimum atomic E-state index is -0.597. The van der Waals surface area contributed by atoms with E-state index in [1.165, 1.54) is 0 Å². The summed E-state index contributed by atoms with van der Waals surface area (Å²) in [6, 6.07) is 18.3. The molecule has 2 fully saturated rings. The lowest BCUT2D eigenvalue weighted by Gasteiger charge is -2.37. The van der Waals surface area contributed by atoms with Crippen LogP contribution in [0.5, 0.6) is 0 Å². The Morgan fingerprint density at radius 3 is 2.30 bits per heavy atom. The fraction of sp³-hybridized carbons (Fsp3) is 0.333. The molecule has 10 heteroatoms. The van der Waals surface area contributed by atoms with E-state index in [1.54, 1.807) is 30.6 Å². The Morgan fingerprint density at radius 1 is 0.800 bits per heavy atom. The van der Waals surface area contributed by atoms with Gasteiger partial charge in [-0.2, -0.15) is 0 Å². The number of ether oxygens (including phenoxy) is 1. The monoisotopic (exact) mass is 542 g/mol. The molecule has 3 heterocycles. The highest BCUT2D eigenvalue weighted by Gasteiger charge is 2.25. The number of benzene rings is 2. The molecule has 0 atom stereocenters. The number of piperazine rings is 1. The number of pyridine rings is 1. The van der Waals surface area contributed by atoms with Crippen LogP contribution in [0, 0.1) is 0 Å². The fourth-order valence-corrected chi connectivity index (χ4v) is 4.97. The van der Waals surface area contributed by atoms with Gasteiger partial charge in [-0.1, -0.05) is 30.3 Å². The van der Waals surface area contributed by atoms with E-state index < -0.39 is 6.09 Å². The minimum absolute atomic E-state index is 0.0298. The summed E-state index contributed by atoms with van der Waals surface area (Å²) in [4.78, 5) is 48.8. The first-order valence-electron chi connectivity index (χ1n) is 13.6. The summed E-state index contributed by atoms with van der Waals surface area (Å²) in [5.41, 5.74) is 3.29. The highest BCUT2D eigenvalue weighted by molar-refractivity contribution is 5.99. The van der Waals surface area contributed by atoms with Gasteiger partial charge >= 0.3 is 6.09 Å². The van der Waals surface area contributed by atoms with Gasteiger partial charge in [-0.25, -0.2) is 4.79 Å². The minimum Gasteiger partial charge on any atom is -0.444 e. The van der Waals surface area contributed by atoms with Crippen molar-refractivity contribution in [2.75, 3.05) is 62.6 Å². The Bertz CT molecular complexity index is 1300. The molecular formula is C30H34N6O4. The second-order valence-corrected chi connectivity index (χ2v) is 9.83. The molecule has 2 aromatic carbocycles. The van der Waals surface area contributed by atoms with Crippen molar-refractivity contribution in [2.45, 2.75) is 13.0 Å². The average Bonchev–Trinajstić information content (AvgIpc) is 3.30. The number of hydrogen-bond acceptors (Lipinski definition) is 7. The van der Waals surface area contributed by atoms with Crippen LogP contribution in [0.2, 0.25) is 0 Å². The number of hydrogen-bond donors (Lipinski definition) is 2. The Balaban J connectivity index is 1.31. The molecule has 2 N–H and O–H groups in total. The van der Waals surface area contributed by atoms with E-state index in [4.69, 9.17) is 4.74 Å². The van der Waals surface area contributed by atoms with Crippen LogP contribution in [0.3, 0.4) is 0 Å². The summed E-state index contributed by atoms with van der Waals surface area (Å²) in [7, 11) is 0. The predicted molar refractivity (Wildman–Crippen MR) is 152 cm³/mol. The molecule has 0 unspecified atom stereocenters. The zero-order valence-corrected chi connectivity index (χ0v) is 22.4. The van der Waals surface area contributed by atoms with E-state index >= 15 is 0 Å². The number of carbonyl (C=O) groups is 3. The number of anilines is 2. The number of nitrogens with one attached hydrogen (secondary N) is 2. The molecule has 0 spiro atoms. The topological polar surface area (TPSA) is 107 Å². The van der Waals surface area contributed by atoms with Crippen molar-refractivity contribution in [3.8, 4) is 0 Å². The lowest BCUT2D eigenvalue weighted by atomic mass is 10.1. The van der Waals surface area contributed by atoms with Crippen molar-refractivity contribution >= 4 is 29.3 Å². The summed E-state index contributed by atoms with van der Waals surface area (Å²) >= 11 is 0. The second-order valence-electron chi connectivity index (χ2n) is 9.83. The first-order valence-corrected chi connectivity index (χ1v) is 13.6. The summed E-state index contributed by atoms with van der Waals surface area (Å²) in [5, 5.41) is 6.19. The average molecular weight is 543 g/mol. The highest BCUT2D eigenvalue weighted by Crippen LogP contribution is 2.29. The van der Waals surface area contributed by atoms with E-state index in [0.717, 1.165) is 30.8 Å². The maximum Gasteiger partial charge on any atom is 0.412 e. The van der Waals surface area contributed by atoms with E-state index in [0.29, 0.717) is 56.1 Å². The molecule has 2 saturated heterocycles. The maximum absolute atomic E-state index is 13.3. The molecule has 0 bridgehead atoms. The standard InChI is InChI=1S/C30H34N6O4/c37-28(24-9-12-32-13-10-24)36-19-17-34(18-20-36)27-8-7-25(29(38)35-15-4-11-31-14-16-35)21-26(27)33-30(39)40-22-23-5-2-1-3-6-23/h1-3,5-10,12-13,21,31H,4,11,14-20,22H2,(H,33,39). The fourth-order valence-electron chi connectivity index (χ4n) is 4.97. The van der Waals surface area contributed by atoms with Gasteiger partial charge in [0.15, 0.2) is 0 Å². The van der Waals surface area contributed by atoms with Crippen LogP contribution in [0.25, 0.3) is 0 Å². The molecule has 208 valence electrons. The molecule has 0 radical (unpaired) electrons. The highest BCUT2D eigenvalue weighted by atomic mass is 16.5. The van der Waals surface area contributed by atoms with Crippen molar-refractivity contribution in [3.63, 3.8) is 0 Å². The van der Waals surface area contributed by atoms with Crippen LogP contribution >= 0.6 is 0 Å². The van der Waals surface area contributed by atoms with Crippen LogP contribution in [0.15, 0.2) is 73.1 Å². The predicted octanol–water partition coefficient (Wildman–Crippen LogP) is 3.23. The first kappa shape index (κ1) is 27.1. The summed E-state index contributed by atoms with van der Waals surface area (Å²) in [5.74, 6) is -0.0958. The zero-order valence-electron chi connectivity index (χ0n) is 22.4. The molecule has 10 nitrogen and oxygen atoms in total. The van der Waals surface area contributed by atoms with Crippen LogP contribution in [-0.4, -0.2) is 85.0 Å². The van der Waals surface area contributed by atoms with Crippen molar-refractivity contribution in [2.24, 2.45) is 0 Å². The van der Waals surface area contributed by atoms with Gasteiger partial charge in [0.2, 0.25) is 0 Å².